The molecule has 1 rings (SSSR count). The van der Waals surface area contributed by atoms with Crippen LogP contribution in [-0.2, 0) is 4.79 Å². The average Bonchev–Trinajstić information content (AvgIpc) is 2.16. The standard InChI is InChI=1S/C9H10NO2/c11-6-9(7-12)10-8-4-2-1-3-5-8/h1-5,9-11H,6H2/t9-/m0/s1. The molecule has 0 heterocycles. The monoisotopic (exact) mass is 164 g/mol. The van der Waals surface area contributed by atoms with E-state index in [4.69, 9.17) is 5.11 Å². The molecule has 1 aromatic rings. The maximum Gasteiger partial charge on any atom is 0.225 e. The predicted molar refractivity (Wildman–Crippen MR) is 46.6 cm³/mol. The van der Waals surface area contributed by atoms with Gasteiger partial charge < -0.3 is 10.4 Å². The van der Waals surface area contributed by atoms with Gasteiger partial charge in [-0.15, -0.1) is 0 Å². The van der Waals surface area contributed by atoms with Crippen LogP contribution in [0.3, 0.4) is 0 Å². The van der Waals surface area contributed by atoms with Gasteiger partial charge in [-0.3, -0.25) is 4.79 Å². The number of anilines is 1. The molecule has 3 heteroatoms. The number of carbonyl (C=O) groups excluding carboxylic acids is 1. The zero-order chi connectivity index (χ0) is 8.81. The van der Waals surface area contributed by atoms with E-state index in [9.17, 15) is 4.79 Å². The molecule has 0 fully saturated rings. The lowest BCUT2D eigenvalue weighted by molar-refractivity contribution is 0.293. The lowest BCUT2D eigenvalue weighted by Gasteiger charge is -2.09. The Labute approximate surface area is 71.0 Å². The zero-order valence-corrected chi connectivity index (χ0v) is 6.53. The van der Waals surface area contributed by atoms with Crippen LogP contribution >= 0.6 is 0 Å². The Balaban J connectivity index is 2.56. The lowest BCUT2D eigenvalue weighted by atomic mass is 10.3. The van der Waals surface area contributed by atoms with E-state index < -0.39 is 6.04 Å². The van der Waals surface area contributed by atoms with E-state index in [0.29, 0.717) is 0 Å². The Morgan fingerprint density at radius 2 is 2.08 bits per heavy atom. The highest BCUT2D eigenvalue weighted by Crippen LogP contribution is 2.05. The van der Waals surface area contributed by atoms with Crippen LogP contribution in [0.5, 0.6) is 0 Å². The van der Waals surface area contributed by atoms with Crippen molar-refractivity contribution in [1.82, 2.24) is 0 Å². The number of benzene rings is 1. The van der Waals surface area contributed by atoms with Gasteiger partial charge in [0.2, 0.25) is 6.29 Å². The minimum atomic E-state index is -0.632. The van der Waals surface area contributed by atoms with Gasteiger partial charge in [0.05, 0.1) is 6.61 Å². The first kappa shape index (κ1) is 8.74. The molecule has 0 unspecified atom stereocenters. The zero-order valence-electron chi connectivity index (χ0n) is 6.53. The molecule has 63 valence electrons. The summed E-state index contributed by atoms with van der Waals surface area (Å²) >= 11 is 0. The molecule has 0 spiro atoms. The topological polar surface area (TPSA) is 49.3 Å². The Morgan fingerprint density at radius 1 is 1.42 bits per heavy atom. The smallest absolute Gasteiger partial charge is 0.225 e. The molecule has 0 bridgehead atoms. The van der Waals surface area contributed by atoms with Crippen LogP contribution in [0.25, 0.3) is 0 Å². The summed E-state index contributed by atoms with van der Waals surface area (Å²) in [5, 5.41) is 11.5. The number of para-hydroxylation sites is 1. The largest absolute Gasteiger partial charge is 0.394 e. The van der Waals surface area contributed by atoms with Crippen molar-refractivity contribution in [3.63, 3.8) is 0 Å². The van der Waals surface area contributed by atoms with Crippen LogP contribution in [-0.4, -0.2) is 24.0 Å². The van der Waals surface area contributed by atoms with Crippen molar-refractivity contribution in [2.24, 2.45) is 0 Å². The molecule has 1 atom stereocenters. The first-order valence-electron chi connectivity index (χ1n) is 3.67. The van der Waals surface area contributed by atoms with Gasteiger partial charge in [0.25, 0.3) is 0 Å². The van der Waals surface area contributed by atoms with Crippen molar-refractivity contribution >= 4 is 12.0 Å². The molecular weight excluding hydrogens is 154 g/mol. The molecule has 0 amide bonds. The summed E-state index contributed by atoms with van der Waals surface area (Å²) in [6.45, 7) is -0.238. The minimum Gasteiger partial charge on any atom is -0.394 e. The van der Waals surface area contributed by atoms with Crippen LogP contribution in [0.1, 0.15) is 0 Å². The fourth-order valence-electron chi connectivity index (χ4n) is 0.848. The van der Waals surface area contributed by atoms with Crippen LogP contribution in [0.15, 0.2) is 30.3 Å². The highest BCUT2D eigenvalue weighted by Gasteiger charge is 2.04. The third-order valence-corrected chi connectivity index (χ3v) is 1.44. The van der Waals surface area contributed by atoms with Gasteiger partial charge in [-0.05, 0) is 12.1 Å². The first-order valence-corrected chi connectivity index (χ1v) is 3.67. The van der Waals surface area contributed by atoms with E-state index in [-0.39, 0.29) is 6.61 Å². The number of nitrogens with one attached hydrogen (secondary N) is 1. The highest BCUT2D eigenvalue weighted by atomic mass is 16.3. The molecule has 0 aliphatic rings. The number of hydrogen-bond donors (Lipinski definition) is 2. The Kier molecular flexibility index (Phi) is 3.29. The third-order valence-electron chi connectivity index (χ3n) is 1.44. The van der Waals surface area contributed by atoms with Gasteiger partial charge in [0.15, 0.2) is 0 Å². The van der Waals surface area contributed by atoms with Crippen molar-refractivity contribution in [2.45, 2.75) is 6.04 Å². The van der Waals surface area contributed by atoms with E-state index in [0.717, 1.165) is 5.69 Å². The summed E-state index contributed by atoms with van der Waals surface area (Å²) in [5.41, 5.74) is 0.805. The molecule has 3 nitrogen and oxygen atoms in total. The first-order chi connectivity index (χ1) is 5.86. The van der Waals surface area contributed by atoms with Crippen molar-refractivity contribution in [3.05, 3.63) is 30.3 Å². The van der Waals surface area contributed by atoms with Crippen molar-refractivity contribution in [1.29, 1.82) is 0 Å². The second-order valence-electron chi connectivity index (χ2n) is 2.36. The molecule has 0 aliphatic carbocycles. The molecule has 0 aromatic heterocycles. The quantitative estimate of drug-likeness (QED) is 0.684. The van der Waals surface area contributed by atoms with Gasteiger partial charge in [-0.2, -0.15) is 0 Å². The SMILES string of the molecule is O=[C][C@H](CO)Nc1ccccc1. The number of hydrogen-bond acceptors (Lipinski definition) is 3. The van der Waals surface area contributed by atoms with E-state index in [1.165, 1.54) is 0 Å². The summed E-state index contributed by atoms with van der Waals surface area (Å²) in [4.78, 5) is 10.2. The molecule has 0 saturated heterocycles. The van der Waals surface area contributed by atoms with Crippen molar-refractivity contribution < 1.29 is 9.90 Å². The minimum absolute atomic E-state index is 0.238. The Hall–Kier alpha value is -1.35. The van der Waals surface area contributed by atoms with E-state index in [1.54, 1.807) is 6.29 Å². The maximum atomic E-state index is 10.2. The summed E-state index contributed by atoms with van der Waals surface area (Å²) in [7, 11) is 0. The molecule has 12 heavy (non-hydrogen) atoms. The normalized spacial score (nSPS) is 12.1. The average molecular weight is 164 g/mol. The van der Waals surface area contributed by atoms with Crippen molar-refractivity contribution in [3.8, 4) is 0 Å². The summed E-state index contributed by atoms with van der Waals surface area (Å²) in [6, 6.07) is 8.58. The molecule has 1 aromatic carbocycles. The lowest BCUT2D eigenvalue weighted by Crippen LogP contribution is -2.24. The second-order valence-corrected chi connectivity index (χ2v) is 2.36. The van der Waals surface area contributed by atoms with Crippen LogP contribution in [0, 0.1) is 0 Å². The molecule has 0 aliphatic heterocycles. The molecule has 2 N–H and O–H groups in total. The molecule has 1 radical (unpaired) electrons. The summed E-state index contributed by atoms with van der Waals surface area (Å²) in [5.74, 6) is 0. The Morgan fingerprint density at radius 3 is 2.58 bits per heavy atom. The summed E-state index contributed by atoms with van der Waals surface area (Å²) in [6.07, 6.45) is 1.69. The number of aliphatic hydroxyl groups is 1. The van der Waals surface area contributed by atoms with Crippen LogP contribution in [0.4, 0.5) is 5.69 Å². The molecule has 0 saturated carbocycles. The van der Waals surface area contributed by atoms with Crippen LogP contribution < -0.4 is 5.32 Å². The van der Waals surface area contributed by atoms with E-state index in [2.05, 4.69) is 5.32 Å². The van der Waals surface area contributed by atoms with Gasteiger partial charge in [0, 0.05) is 5.69 Å². The summed E-state index contributed by atoms with van der Waals surface area (Å²) < 4.78 is 0. The van der Waals surface area contributed by atoms with E-state index >= 15 is 0 Å². The highest BCUT2D eigenvalue weighted by molar-refractivity contribution is 5.65. The second kappa shape index (κ2) is 4.51. The molecular formula is C9H10NO2. The van der Waals surface area contributed by atoms with Crippen LogP contribution in [0.2, 0.25) is 0 Å². The van der Waals surface area contributed by atoms with Gasteiger partial charge in [-0.25, -0.2) is 0 Å². The maximum absolute atomic E-state index is 10.2. The predicted octanol–water partition coefficient (Wildman–Crippen LogP) is 0.569. The van der Waals surface area contributed by atoms with Gasteiger partial charge >= 0.3 is 0 Å². The van der Waals surface area contributed by atoms with E-state index in [1.807, 2.05) is 30.3 Å². The fraction of sp³-hybridized carbons (Fsp3) is 0.222. The number of aliphatic hydroxyl groups excluding tert-OH is 1. The Bertz CT molecular complexity index is 236. The fourth-order valence-corrected chi connectivity index (χ4v) is 0.848. The third kappa shape index (κ3) is 2.36. The number of rotatable bonds is 4. The van der Waals surface area contributed by atoms with Crippen molar-refractivity contribution in [2.75, 3.05) is 11.9 Å². The van der Waals surface area contributed by atoms with Gasteiger partial charge in [0.1, 0.15) is 6.04 Å². The van der Waals surface area contributed by atoms with Gasteiger partial charge in [-0.1, -0.05) is 18.2 Å².